The van der Waals surface area contributed by atoms with Gasteiger partial charge in [0.25, 0.3) is 0 Å². The summed E-state index contributed by atoms with van der Waals surface area (Å²) in [4.78, 5) is 8.20. The average molecular weight is 224 g/mol. The molecular formula is C13H12N4. The molecule has 0 fully saturated rings. The molecule has 0 unspecified atom stereocenters. The van der Waals surface area contributed by atoms with Crippen LogP contribution in [-0.4, -0.2) is 9.97 Å². The van der Waals surface area contributed by atoms with Crippen LogP contribution in [-0.2, 0) is 6.54 Å². The van der Waals surface area contributed by atoms with Crippen LogP contribution in [0.25, 0.3) is 0 Å². The molecule has 2 aromatic rings. The van der Waals surface area contributed by atoms with E-state index >= 15 is 0 Å². The van der Waals surface area contributed by atoms with Crippen molar-refractivity contribution in [2.45, 2.75) is 13.5 Å². The Kier molecular flexibility index (Phi) is 3.31. The molecule has 2 rings (SSSR count). The van der Waals surface area contributed by atoms with Gasteiger partial charge in [-0.15, -0.1) is 0 Å². The van der Waals surface area contributed by atoms with Crippen molar-refractivity contribution in [2.75, 3.05) is 5.32 Å². The third kappa shape index (κ3) is 3.02. The smallest absolute Gasteiger partial charge is 0.140 e. The summed E-state index contributed by atoms with van der Waals surface area (Å²) in [6.07, 6.45) is 3.50. The van der Waals surface area contributed by atoms with Gasteiger partial charge in [-0.3, -0.25) is 4.98 Å². The zero-order valence-corrected chi connectivity index (χ0v) is 9.51. The Morgan fingerprint density at radius 3 is 2.65 bits per heavy atom. The van der Waals surface area contributed by atoms with Crippen LogP contribution in [0.4, 0.5) is 5.69 Å². The quantitative estimate of drug-likeness (QED) is 0.868. The van der Waals surface area contributed by atoms with Crippen LogP contribution in [0.15, 0.2) is 36.7 Å². The lowest BCUT2D eigenvalue weighted by molar-refractivity contribution is 1.08. The van der Waals surface area contributed by atoms with Crippen LogP contribution < -0.4 is 5.32 Å². The van der Waals surface area contributed by atoms with Crippen molar-refractivity contribution in [1.82, 2.24) is 9.97 Å². The van der Waals surface area contributed by atoms with E-state index in [0.717, 1.165) is 16.9 Å². The van der Waals surface area contributed by atoms with Crippen molar-refractivity contribution in [3.8, 4) is 6.07 Å². The summed E-state index contributed by atoms with van der Waals surface area (Å²) in [5.41, 5.74) is 3.44. The average Bonchev–Trinajstić information content (AvgIpc) is 2.39. The maximum Gasteiger partial charge on any atom is 0.140 e. The van der Waals surface area contributed by atoms with E-state index in [1.165, 1.54) is 0 Å². The van der Waals surface area contributed by atoms with E-state index in [1.807, 2.05) is 37.4 Å². The van der Waals surface area contributed by atoms with Crippen LogP contribution in [0.1, 0.15) is 17.0 Å². The Morgan fingerprint density at radius 2 is 2.06 bits per heavy atom. The van der Waals surface area contributed by atoms with Gasteiger partial charge in [0, 0.05) is 18.4 Å². The van der Waals surface area contributed by atoms with Gasteiger partial charge in [-0.25, -0.2) is 4.98 Å². The molecule has 0 aliphatic rings. The highest BCUT2D eigenvalue weighted by Gasteiger charge is 1.96. The molecule has 1 N–H and O–H groups in total. The first-order chi connectivity index (χ1) is 8.28. The highest BCUT2D eigenvalue weighted by Crippen LogP contribution is 2.08. The number of hydrogen-bond acceptors (Lipinski definition) is 4. The Hall–Kier alpha value is -2.41. The number of anilines is 1. The summed E-state index contributed by atoms with van der Waals surface area (Å²) in [7, 11) is 0. The lowest BCUT2D eigenvalue weighted by atomic mass is 10.2. The highest BCUT2D eigenvalue weighted by atomic mass is 14.9. The van der Waals surface area contributed by atoms with Crippen molar-refractivity contribution < 1.29 is 0 Å². The second-order valence-corrected chi connectivity index (χ2v) is 3.71. The molecule has 0 saturated heterocycles. The number of pyridine rings is 2. The van der Waals surface area contributed by atoms with Crippen LogP contribution in [0.3, 0.4) is 0 Å². The van der Waals surface area contributed by atoms with Crippen molar-refractivity contribution in [2.24, 2.45) is 0 Å². The molecule has 0 atom stereocenters. The van der Waals surface area contributed by atoms with Crippen LogP contribution in [0, 0.1) is 18.3 Å². The van der Waals surface area contributed by atoms with E-state index in [0.29, 0.717) is 12.2 Å². The van der Waals surface area contributed by atoms with Gasteiger partial charge in [-0.1, -0.05) is 6.07 Å². The van der Waals surface area contributed by atoms with Gasteiger partial charge in [0.2, 0.25) is 0 Å². The summed E-state index contributed by atoms with van der Waals surface area (Å²) >= 11 is 0. The molecule has 17 heavy (non-hydrogen) atoms. The van der Waals surface area contributed by atoms with E-state index < -0.39 is 0 Å². The van der Waals surface area contributed by atoms with E-state index in [-0.39, 0.29) is 0 Å². The van der Waals surface area contributed by atoms with Gasteiger partial charge in [-0.2, -0.15) is 5.26 Å². The summed E-state index contributed by atoms with van der Waals surface area (Å²) in [6, 6.07) is 9.53. The fourth-order valence-electron chi connectivity index (χ4n) is 1.37. The first kappa shape index (κ1) is 11.1. The van der Waals surface area contributed by atoms with Crippen LogP contribution >= 0.6 is 0 Å². The predicted octanol–water partition coefficient (Wildman–Crippen LogP) is 2.27. The minimum atomic E-state index is 0.424. The predicted molar refractivity (Wildman–Crippen MR) is 65.3 cm³/mol. The number of nitrogens with one attached hydrogen (secondary N) is 1. The van der Waals surface area contributed by atoms with Crippen molar-refractivity contribution in [3.05, 3.63) is 53.6 Å². The van der Waals surface area contributed by atoms with Crippen molar-refractivity contribution in [1.29, 1.82) is 5.26 Å². The number of aryl methyl sites for hydroxylation is 1. The van der Waals surface area contributed by atoms with Gasteiger partial charge in [-0.05, 0) is 30.7 Å². The van der Waals surface area contributed by atoms with Crippen LogP contribution in [0.5, 0.6) is 0 Å². The summed E-state index contributed by atoms with van der Waals surface area (Å²) in [5.74, 6) is 0. The monoisotopic (exact) mass is 224 g/mol. The molecule has 4 heteroatoms. The molecule has 4 nitrogen and oxygen atoms in total. The number of nitriles is 1. The third-order valence-electron chi connectivity index (χ3n) is 2.35. The normalized spacial score (nSPS) is 9.65. The minimum Gasteiger partial charge on any atom is -0.380 e. The van der Waals surface area contributed by atoms with Gasteiger partial charge in [0.15, 0.2) is 0 Å². The highest BCUT2D eigenvalue weighted by molar-refractivity contribution is 5.43. The second-order valence-electron chi connectivity index (χ2n) is 3.71. The molecule has 0 amide bonds. The van der Waals surface area contributed by atoms with E-state index in [9.17, 15) is 0 Å². The minimum absolute atomic E-state index is 0.424. The summed E-state index contributed by atoms with van der Waals surface area (Å²) in [5, 5.41) is 11.8. The third-order valence-corrected chi connectivity index (χ3v) is 2.35. The Labute approximate surface area is 100.0 Å². The number of nitrogens with zero attached hydrogens (tertiary/aromatic N) is 3. The topological polar surface area (TPSA) is 61.6 Å². The lowest BCUT2D eigenvalue weighted by Gasteiger charge is -2.05. The number of aromatic nitrogens is 2. The molecule has 0 bridgehead atoms. The standard InChI is InChI=1S/C13H12N4/c1-10-2-3-11(7-15-10)8-16-13-5-4-12(6-14)17-9-13/h2-5,7,9,16H,8H2,1H3. The fourth-order valence-corrected chi connectivity index (χ4v) is 1.37. The second kappa shape index (κ2) is 5.08. The van der Waals surface area contributed by atoms with Crippen molar-refractivity contribution >= 4 is 5.69 Å². The number of rotatable bonds is 3. The molecule has 0 aliphatic carbocycles. The van der Waals surface area contributed by atoms with Gasteiger partial charge in [0.1, 0.15) is 11.8 Å². The fraction of sp³-hybridized carbons (Fsp3) is 0.154. The molecule has 0 aliphatic heterocycles. The van der Waals surface area contributed by atoms with E-state index in [4.69, 9.17) is 5.26 Å². The Balaban J connectivity index is 1.98. The van der Waals surface area contributed by atoms with Crippen LogP contribution in [0.2, 0.25) is 0 Å². The zero-order valence-electron chi connectivity index (χ0n) is 9.51. The largest absolute Gasteiger partial charge is 0.380 e. The molecule has 2 aromatic heterocycles. The molecule has 0 radical (unpaired) electrons. The lowest BCUT2D eigenvalue weighted by Crippen LogP contribution is -2.00. The Morgan fingerprint density at radius 1 is 1.18 bits per heavy atom. The maximum atomic E-state index is 8.62. The SMILES string of the molecule is Cc1ccc(CNc2ccc(C#N)nc2)cn1. The molecule has 2 heterocycles. The first-order valence-electron chi connectivity index (χ1n) is 5.29. The molecule has 0 spiro atoms. The van der Waals surface area contributed by atoms with Gasteiger partial charge < -0.3 is 5.32 Å². The maximum absolute atomic E-state index is 8.62. The van der Waals surface area contributed by atoms with E-state index in [2.05, 4.69) is 15.3 Å². The summed E-state index contributed by atoms with van der Waals surface area (Å²) in [6.45, 7) is 2.66. The molecule has 0 aromatic carbocycles. The first-order valence-corrected chi connectivity index (χ1v) is 5.29. The molecule has 0 saturated carbocycles. The molecule has 84 valence electrons. The molecular weight excluding hydrogens is 212 g/mol. The van der Waals surface area contributed by atoms with Crippen molar-refractivity contribution in [3.63, 3.8) is 0 Å². The number of hydrogen-bond donors (Lipinski definition) is 1. The zero-order chi connectivity index (χ0) is 12.1. The van der Waals surface area contributed by atoms with E-state index in [1.54, 1.807) is 12.3 Å². The van der Waals surface area contributed by atoms with Gasteiger partial charge in [0.05, 0.1) is 11.9 Å². The Bertz CT molecular complexity index is 523. The van der Waals surface area contributed by atoms with Gasteiger partial charge >= 0.3 is 0 Å². The summed E-state index contributed by atoms with van der Waals surface area (Å²) < 4.78 is 0.